The zero-order valence-electron chi connectivity index (χ0n) is 12.3. The maximum atomic E-state index is 12.9. The maximum Gasteiger partial charge on any atom is 0.304 e. The zero-order chi connectivity index (χ0) is 16.0. The van der Waals surface area contributed by atoms with Crippen molar-refractivity contribution in [3.8, 4) is 0 Å². The van der Waals surface area contributed by atoms with E-state index in [1.165, 1.54) is 19.2 Å². The molecule has 22 heavy (non-hydrogen) atoms. The van der Waals surface area contributed by atoms with Gasteiger partial charge in [0.25, 0.3) is 5.91 Å². The van der Waals surface area contributed by atoms with Gasteiger partial charge in [0.05, 0.1) is 0 Å². The maximum absolute atomic E-state index is 12.9. The Labute approximate surface area is 129 Å². The minimum Gasteiger partial charge on any atom is -0.299 e. The number of carbonyl (C=O) groups is 1. The standard InChI is InChI=1S/C14H18FN3O3S/c1-17-13(19)14(16-22(17,20)21)6-8-18(9-7-14)10-11-2-4-12(15)5-3-11/h2-5,16H,6-10H2,1H3. The van der Waals surface area contributed by atoms with Gasteiger partial charge in [-0.3, -0.25) is 9.69 Å². The van der Waals surface area contributed by atoms with Gasteiger partial charge in [0, 0.05) is 26.7 Å². The van der Waals surface area contributed by atoms with E-state index >= 15 is 0 Å². The Hall–Kier alpha value is -1.51. The minimum atomic E-state index is -3.69. The van der Waals surface area contributed by atoms with Crippen molar-refractivity contribution in [2.45, 2.75) is 24.9 Å². The predicted octanol–water partition coefficient (Wildman–Crippen LogP) is 0.467. The van der Waals surface area contributed by atoms with Crippen molar-refractivity contribution >= 4 is 16.1 Å². The SMILES string of the molecule is CN1C(=O)C2(CCN(Cc3ccc(F)cc3)CC2)NS1(=O)=O. The molecule has 2 aliphatic rings. The summed E-state index contributed by atoms with van der Waals surface area (Å²) in [5, 5.41) is 0. The van der Waals surface area contributed by atoms with Crippen molar-refractivity contribution in [2.24, 2.45) is 0 Å². The first-order valence-electron chi connectivity index (χ1n) is 7.11. The molecule has 1 amide bonds. The lowest BCUT2D eigenvalue weighted by Crippen LogP contribution is -2.54. The van der Waals surface area contributed by atoms with E-state index in [-0.39, 0.29) is 11.7 Å². The molecule has 0 unspecified atom stereocenters. The van der Waals surface area contributed by atoms with Crippen LogP contribution in [0.25, 0.3) is 0 Å². The van der Waals surface area contributed by atoms with Crippen LogP contribution in [0.4, 0.5) is 4.39 Å². The number of hydrogen-bond acceptors (Lipinski definition) is 4. The average Bonchev–Trinajstić information content (AvgIpc) is 2.65. The summed E-state index contributed by atoms with van der Waals surface area (Å²) in [6, 6.07) is 6.31. The van der Waals surface area contributed by atoms with Gasteiger partial charge in [0.1, 0.15) is 11.4 Å². The number of hydrogen-bond donors (Lipinski definition) is 1. The second-order valence-electron chi connectivity index (χ2n) is 5.86. The van der Waals surface area contributed by atoms with Crippen molar-refractivity contribution < 1.29 is 17.6 Å². The molecule has 1 N–H and O–H groups in total. The molecule has 0 aromatic heterocycles. The lowest BCUT2D eigenvalue weighted by Gasteiger charge is -2.36. The van der Waals surface area contributed by atoms with Crippen LogP contribution in [0.5, 0.6) is 0 Å². The number of nitrogens with one attached hydrogen (secondary N) is 1. The summed E-state index contributed by atoms with van der Waals surface area (Å²) in [7, 11) is -2.41. The Morgan fingerprint density at radius 2 is 1.82 bits per heavy atom. The molecule has 0 saturated carbocycles. The zero-order valence-corrected chi connectivity index (χ0v) is 13.1. The second kappa shape index (κ2) is 5.29. The van der Waals surface area contributed by atoms with E-state index < -0.39 is 15.7 Å². The van der Waals surface area contributed by atoms with E-state index in [2.05, 4.69) is 9.62 Å². The van der Waals surface area contributed by atoms with Crippen molar-refractivity contribution in [3.05, 3.63) is 35.6 Å². The fourth-order valence-corrected chi connectivity index (χ4v) is 4.34. The van der Waals surface area contributed by atoms with Gasteiger partial charge in [0.15, 0.2) is 0 Å². The third kappa shape index (κ3) is 2.62. The fraction of sp³-hybridized carbons (Fsp3) is 0.500. The number of nitrogens with zero attached hydrogens (tertiary/aromatic N) is 2. The van der Waals surface area contributed by atoms with Crippen LogP contribution in [0.1, 0.15) is 18.4 Å². The highest BCUT2D eigenvalue weighted by Crippen LogP contribution is 2.31. The first-order valence-corrected chi connectivity index (χ1v) is 8.55. The smallest absolute Gasteiger partial charge is 0.299 e. The van der Waals surface area contributed by atoms with Crippen molar-refractivity contribution in [1.29, 1.82) is 0 Å². The normalized spacial score (nSPS) is 24.1. The summed E-state index contributed by atoms with van der Waals surface area (Å²) in [5.41, 5.74) is 0.000156. The van der Waals surface area contributed by atoms with Crippen LogP contribution >= 0.6 is 0 Å². The van der Waals surface area contributed by atoms with Gasteiger partial charge in [0.2, 0.25) is 0 Å². The van der Waals surface area contributed by atoms with Gasteiger partial charge in [-0.25, -0.2) is 8.70 Å². The summed E-state index contributed by atoms with van der Waals surface area (Å²) in [6.45, 7) is 1.88. The molecule has 0 atom stereocenters. The highest BCUT2D eigenvalue weighted by atomic mass is 32.2. The van der Waals surface area contributed by atoms with E-state index in [0.717, 1.165) is 9.87 Å². The molecule has 0 radical (unpaired) electrons. The van der Waals surface area contributed by atoms with Gasteiger partial charge in [-0.1, -0.05) is 12.1 Å². The molecule has 6 nitrogen and oxygen atoms in total. The molecular weight excluding hydrogens is 309 g/mol. The predicted molar refractivity (Wildman–Crippen MR) is 78.5 cm³/mol. The number of halogens is 1. The molecule has 1 aromatic carbocycles. The molecule has 0 bridgehead atoms. The molecule has 8 heteroatoms. The molecule has 1 aromatic rings. The summed E-state index contributed by atoms with van der Waals surface area (Å²) in [5.74, 6) is -0.649. The molecule has 2 saturated heterocycles. The highest BCUT2D eigenvalue weighted by molar-refractivity contribution is 7.88. The largest absolute Gasteiger partial charge is 0.304 e. The van der Waals surface area contributed by atoms with Crippen LogP contribution in [0.15, 0.2) is 24.3 Å². The molecule has 120 valence electrons. The van der Waals surface area contributed by atoms with Crippen LogP contribution in [0.3, 0.4) is 0 Å². The first kappa shape index (κ1) is 15.4. The second-order valence-corrected chi connectivity index (χ2v) is 7.57. The lowest BCUT2D eigenvalue weighted by molar-refractivity contribution is -0.131. The minimum absolute atomic E-state index is 0.268. The third-order valence-electron chi connectivity index (χ3n) is 4.41. The quantitative estimate of drug-likeness (QED) is 0.857. The van der Waals surface area contributed by atoms with Crippen molar-refractivity contribution in [3.63, 3.8) is 0 Å². The number of carbonyl (C=O) groups excluding carboxylic acids is 1. The first-order chi connectivity index (χ1) is 10.3. The average molecular weight is 327 g/mol. The van der Waals surface area contributed by atoms with Crippen LogP contribution in [0, 0.1) is 5.82 Å². The summed E-state index contributed by atoms with van der Waals surface area (Å²) < 4.78 is 39.8. The summed E-state index contributed by atoms with van der Waals surface area (Å²) in [4.78, 5) is 14.4. The molecular formula is C14H18FN3O3S. The van der Waals surface area contributed by atoms with Crippen molar-refractivity contribution in [2.75, 3.05) is 20.1 Å². The van der Waals surface area contributed by atoms with Crippen LogP contribution in [0.2, 0.25) is 0 Å². The summed E-state index contributed by atoms with van der Waals surface area (Å²) >= 11 is 0. The van der Waals surface area contributed by atoms with Gasteiger partial charge in [-0.15, -0.1) is 0 Å². The van der Waals surface area contributed by atoms with Gasteiger partial charge in [-0.2, -0.15) is 13.1 Å². The topological polar surface area (TPSA) is 69.7 Å². The number of amides is 1. The number of likely N-dealkylation sites (tertiary alicyclic amines) is 1. The Morgan fingerprint density at radius 1 is 1.23 bits per heavy atom. The number of piperidine rings is 1. The lowest BCUT2D eigenvalue weighted by atomic mass is 9.87. The molecule has 0 aliphatic carbocycles. The number of benzene rings is 1. The summed E-state index contributed by atoms with van der Waals surface area (Å²) in [6.07, 6.45) is 0.882. The Bertz CT molecular complexity index is 682. The van der Waals surface area contributed by atoms with E-state index in [1.807, 2.05) is 0 Å². The monoisotopic (exact) mass is 327 g/mol. The van der Waals surface area contributed by atoms with E-state index in [0.29, 0.717) is 32.5 Å². The van der Waals surface area contributed by atoms with Crippen LogP contribution in [-0.2, 0) is 21.5 Å². The van der Waals surface area contributed by atoms with Crippen LogP contribution < -0.4 is 4.72 Å². The van der Waals surface area contributed by atoms with Crippen molar-refractivity contribution in [1.82, 2.24) is 13.9 Å². The van der Waals surface area contributed by atoms with E-state index in [4.69, 9.17) is 0 Å². The fourth-order valence-electron chi connectivity index (χ4n) is 3.03. The number of likely N-dealkylation sites (N-methyl/N-ethyl adjacent to an activating group) is 1. The molecule has 2 fully saturated rings. The van der Waals surface area contributed by atoms with Gasteiger partial charge in [-0.05, 0) is 30.5 Å². The van der Waals surface area contributed by atoms with Crippen LogP contribution in [-0.4, -0.2) is 49.2 Å². The van der Waals surface area contributed by atoms with E-state index in [9.17, 15) is 17.6 Å². The highest BCUT2D eigenvalue weighted by Gasteiger charge is 2.54. The molecule has 2 heterocycles. The molecule has 2 aliphatic heterocycles. The third-order valence-corrected chi connectivity index (χ3v) is 5.94. The molecule has 3 rings (SSSR count). The van der Waals surface area contributed by atoms with E-state index in [1.54, 1.807) is 12.1 Å². The number of rotatable bonds is 2. The Morgan fingerprint density at radius 3 is 2.32 bits per heavy atom. The Balaban J connectivity index is 1.66. The Kier molecular flexibility index (Phi) is 3.70. The van der Waals surface area contributed by atoms with Gasteiger partial charge < -0.3 is 0 Å². The van der Waals surface area contributed by atoms with Gasteiger partial charge >= 0.3 is 10.2 Å². The molecule has 1 spiro atoms.